The van der Waals surface area contributed by atoms with Gasteiger partial charge in [-0.2, -0.15) is 5.10 Å². The van der Waals surface area contributed by atoms with Crippen molar-refractivity contribution in [2.24, 2.45) is 0 Å². The van der Waals surface area contributed by atoms with E-state index >= 15 is 0 Å². The molecule has 2 aromatic rings. The summed E-state index contributed by atoms with van der Waals surface area (Å²) >= 11 is 0. The first-order chi connectivity index (χ1) is 10.2. The molecule has 0 amide bonds. The number of ether oxygens (including phenoxy) is 1. The minimum Gasteiger partial charge on any atom is -0.491 e. The molecule has 114 valence electrons. The Morgan fingerprint density at radius 2 is 2.24 bits per heavy atom. The number of aryl methyl sites for hydroxylation is 1. The van der Waals surface area contributed by atoms with Crippen LogP contribution in [0.5, 0.6) is 5.75 Å². The number of hydrogen-bond acceptors (Lipinski definition) is 5. The van der Waals surface area contributed by atoms with E-state index in [1.165, 1.54) is 5.56 Å². The molecular weight excluding hydrogens is 268 g/mol. The maximum atomic E-state index is 9.00. The van der Waals surface area contributed by atoms with E-state index in [9.17, 15) is 0 Å². The van der Waals surface area contributed by atoms with Crippen molar-refractivity contribution in [2.45, 2.75) is 26.9 Å². The van der Waals surface area contributed by atoms with Crippen molar-refractivity contribution in [3.8, 4) is 5.75 Å². The quantitative estimate of drug-likeness (QED) is 0.711. The zero-order chi connectivity index (χ0) is 15.1. The van der Waals surface area contributed by atoms with E-state index in [2.05, 4.69) is 15.4 Å². The fourth-order valence-corrected chi connectivity index (χ4v) is 2.19. The fraction of sp³-hybridized carbons (Fsp3) is 0.467. The molecular formula is C15H22N4O2. The van der Waals surface area contributed by atoms with Crippen LogP contribution < -0.4 is 10.1 Å². The van der Waals surface area contributed by atoms with Crippen molar-refractivity contribution < 1.29 is 9.84 Å². The number of aliphatic hydroxyl groups excluding tert-OH is 1. The van der Waals surface area contributed by atoms with Crippen molar-refractivity contribution in [2.75, 3.05) is 19.8 Å². The Morgan fingerprint density at radius 3 is 2.95 bits per heavy atom. The molecule has 0 unspecified atom stereocenters. The third kappa shape index (κ3) is 4.27. The highest BCUT2D eigenvalue weighted by Gasteiger charge is 2.10. The van der Waals surface area contributed by atoms with Gasteiger partial charge < -0.3 is 15.2 Å². The fourth-order valence-electron chi connectivity index (χ4n) is 2.19. The largest absolute Gasteiger partial charge is 0.491 e. The summed E-state index contributed by atoms with van der Waals surface area (Å²) in [6.45, 7) is 6.75. The zero-order valence-corrected chi connectivity index (χ0v) is 12.5. The summed E-state index contributed by atoms with van der Waals surface area (Å²) in [6, 6.07) is 3.74. The maximum absolute atomic E-state index is 9.00. The van der Waals surface area contributed by atoms with Gasteiger partial charge in [-0.3, -0.25) is 9.67 Å². The van der Waals surface area contributed by atoms with Gasteiger partial charge in [0.2, 0.25) is 0 Å². The Hall–Kier alpha value is -1.92. The number of aromatic nitrogens is 3. The van der Waals surface area contributed by atoms with Crippen molar-refractivity contribution >= 4 is 0 Å². The van der Waals surface area contributed by atoms with Gasteiger partial charge in [0.15, 0.2) is 0 Å². The normalized spacial score (nSPS) is 10.8. The lowest BCUT2D eigenvalue weighted by Crippen LogP contribution is -2.21. The van der Waals surface area contributed by atoms with Crippen molar-refractivity contribution in [3.05, 3.63) is 41.5 Å². The second kappa shape index (κ2) is 7.75. The van der Waals surface area contributed by atoms with Gasteiger partial charge >= 0.3 is 0 Å². The first-order valence-corrected chi connectivity index (χ1v) is 7.09. The van der Waals surface area contributed by atoms with Crippen LogP contribution in [0.15, 0.2) is 24.5 Å². The second-order valence-electron chi connectivity index (χ2n) is 4.81. The Labute approximate surface area is 124 Å². The van der Waals surface area contributed by atoms with E-state index in [4.69, 9.17) is 9.84 Å². The summed E-state index contributed by atoms with van der Waals surface area (Å²) in [7, 11) is 0. The van der Waals surface area contributed by atoms with Crippen molar-refractivity contribution in [1.29, 1.82) is 0 Å². The molecule has 6 nitrogen and oxygen atoms in total. The third-order valence-corrected chi connectivity index (χ3v) is 3.33. The molecule has 6 heteroatoms. The predicted molar refractivity (Wildman–Crippen MR) is 80.2 cm³/mol. The lowest BCUT2D eigenvalue weighted by atomic mass is 10.2. The predicted octanol–water partition coefficient (Wildman–Crippen LogP) is 1.06. The second-order valence-corrected chi connectivity index (χ2v) is 4.81. The average molecular weight is 290 g/mol. The molecule has 0 bridgehead atoms. The molecule has 2 rings (SSSR count). The Kier molecular flexibility index (Phi) is 5.71. The lowest BCUT2D eigenvalue weighted by molar-refractivity contribution is 0.267. The molecule has 2 heterocycles. The maximum Gasteiger partial charge on any atom is 0.137 e. The highest BCUT2D eigenvalue weighted by molar-refractivity contribution is 5.24. The van der Waals surface area contributed by atoms with Crippen LogP contribution in [-0.4, -0.2) is 39.6 Å². The van der Waals surface area contributed by atoms with Crippen LogP contribution in [0.3, 0.4) is 0 Å². The summed E-state index contributed by atoms with van der Waals surface area (Å²) < 4.78 is 7.42. The third-order valence-electron chi connectivity index (χ3n) is 3.33. The molecule has 0 saturated heterocycles. The van der Waals surface area contributed by atoms with Crippen LogP contribution in [0.4, 0.5) is 0 Å². The highest BCUT2D eigenvalue weighted by Crippen LogP contribution is 2.12. The highest BCUT2D eigenvalue weighted by atomic mass is 16.5. The number of rotatable bonds is 8. The molecule has 0 fully saturated rings. The lowest BCUT2D eigenvalue weighted by Gasteiger charge is -2.08. The first kappa shape index (κ1) is 15.5. The monoisotopic (exact) mass is 290 g/mol. The first-order valence-electron chi connectivity index (χ1n) is 7.09. The van der Waals surface area contributed by atoms with Gasteiger partial charge in [0.25, 0.3) is 0 Å². The van der Waals surface area contributed by atoms with E-state index < -0.39 is 0 Å². The molecule has 0 aromatic carbocycles. The molecule has 0 spiro atoms. The summed E-state index contributed by atoms with van der Waals surface area (Å²) in [5, 5.41) is 16.8. The van der Waals surface area contributed by atoms with Crippen LogP contribution in [-0.2, 0) is 13.1 Å². The number of hydrogen-bond donors (Lipinski definition) is 2. The summed E-state index contributed by atoms with van der Waals surface area (Å²) in [5.74, 6) is 0.780. The molecule has 0 aliphatic rings. The Bertz CT molecular complexity index is 554. The topological polar surface area (TPSA) is 72.2 Å². The molecule has 0 aliphatic heterocycles. The van der Waals surface area contributed by atoms with Gasteiger partial charge in [0, 0.05) is 30.5 Å². The molecule has 2 aromatic heterocycles. The van der Waals surface area contributed by atoms with E-state index in [0.29, 0.717) is 13.2 Å². The summed E-state index contributed by atoms with van der Waals surface area (Å²) in [4.78, 5) is 4.00. The van der Waals surface area contributed by atoms with E-state index in [-0.39, 0.29) is 6.61 Å². The van der Waals surface area contributed by atoms with Gasteiger partial charge in [-0.15, -0.1) is 0 Å². The number of nitrogens with zero attached hydrogens (tertiary/aromatic N) is 3. The standard InChI is InChI=1S/C15H22N4O2/c1-12-15(13(2)19(18-12)7-8-20)11-17-6-9-21-14-4-3-5-16-10-14/h3-5,10,17,20H,6-9,11H2,1-2H3. The van der Waals surface area contributed by atoms with Crippen LogP contribution in [0.25, 0.3) is 0 Å². The van der Waals surface area contributed by atoms with E-state index in [0.717, 1.165) is 30.2 Å². The number of aliphatic hydroxyl groups is 1. The smallest absolute Gasteiger partial charge is 0.137 e. The number of pyridine rings is 1. The van der Waals surface area contributed by atoms with Gasteiger partial charge in [0.05, 0.1) is 25.0 Å². The number of nitrogens with one attached hydrogen (secondary N) is 1. The van der Waals surface area contributed by atoms with E-state index in [1.807, 2.05) is 30.7 Å². The van der Waals surface area contributed by atoms with Crippen LogP contribution in [0.1, 0.15) is 17.0 Å². The van der Waals surface area contributed by atoms with Gasteiger partial charge in [-0.05, 0) is 26.0 Å². The summed E-state index contributed by atoms with van der Waals surface area (Å²) in [6.07, 6.45) is 3.42. The van der Waals surface area contributed by atoms with Gasteiger partial charge in [-0.1, -0.05) is 0 Å². The minimum absolute atomic E-state index is 0.105. The van der Waals surface area contributed by atoms with Crippen molar-refractivity contribution in [3.63, 3.8) is 0 Å². The van der Waals surface area contributed by atoms with Crippen LogP contribution in [0, 0.1) is 13.8 Å². The summed E-state index contributed by atoms with van der Waals surface area (Å²) in [5.41, 5.74) is 3.29. The molecule has 21 heavy (non-hydrogen) atoms. The van der Waals surface area contributed by atoms with Gasteiger partial charge in [0.1, 0.15) is 12.4 Å². The zero-order valence-electron chi connectivity index (χ0n) is 12.5. The SMILES string of the molecule is Cc1nn(CCO)c(C)c1CNCCOc1cccnc1. The average Bonchev–Trinajstić information content (AvgIpc) is 2.76. The Balaban J connectivity index is 1.76. The molecule has 0 radical (unpaired) electrons. The molecule has 0 saturated carbocycles. The molecule has 0 atom stereocenters. The Morgan fingerprint density at radius 1 is 1.38 bits per heavy atom. The molecule has 0 aliphatic carbocycles. The van der Waals surface area contributed by atoms with Crippen LogP contribution >= 0.6 is 0 Å². The minimum atomic E-state index is 0.105. The van der Waals surface area contributed by atoms with Crippen LogP contribution in [0.2, 0.25) is 0 Å². The van der Waals surface area contributed by atoms with Gasteiger partial charge in [-0.25, -0.2) is 0 Å². The van der Waals surface area contributed by atoms with E-state index in [1.54, 1.807) is 12.4 Å². The van der Waals surface area contributed by atoms with Crippen molar-refractivity contribution in [1.82, 2.24) is 20.1 Å². The molecule has 2 N–H and O–H groups in total.